The number of nitrogens with one attached hydrogen (secondary N) is 2. The maximum Gasteiger partial charge on any atom is 0.509 e. The van der Waals surface area contributed by atoms with Gasteiger partial charge in [-0.2, -0.15) is 0 Å². The van der Waals surface area contributed by atoms with E-state index in [1.165, 1.54) is 6.92 Å². The van der Waals surface area contributed by atoms with E-state index >= 15 is 4.39 Å². The summed E-state index contributed by atoms with van der Waals surface area (Å²) in [4.78, 5) is 50.5. The van der Waals surface area contributed by atoms with Gasteiger partial charge in [-0.25, -0.2) is 19.1 Å². The Morgan fingerprint density at radius 3 is 2.62 bits per heavy atom. The normalized spacial score (nSPS) is 24.6. The molecule has 0 aliphatic carbocycles. The van der Waals surface area contributed by atoms with Crippen LogP contribution in [0.5, 0.6) is 0 Å². The molecule has 0 saturated carbocycles. The molecule has 0 radical (unpaired) electrons. The summed E-state index contributed by atoms with van der Waals surface area (Å²) in [6.07, 6.45) is -4.29. The number of H-pyrrole nitrogens is 1. The van der Waals surface area contributed by atoms with E-state index in [0.29, 0.717) is 12.0 Å². The Kier molecular flexibility index (Phi) is 11.5. The number of rotatable bonds is 12. The lowest BCUT2D eigenvalue weighted by Gasteiger charge is -2.27. The lowest BCUT2D eigenvalue weighted by atomic mass is 9.98. The molecule has 7 atom stereocenters. The van der Waals surface area contributed by atoms with Crippen molar-refractivity contribution < 1.29 is 42.0 Å². The fourth-order valence-electron chi connectivity index (χ4n) is 3.74. The third-order valence-electron chi connectivity index (χ3n) is 5.84. The highest BCUT2D eigenvalue weighted by Crippen LogP contribution is 2.43. The van der Waals surface area contributed by atoms with Gasteiger partial charge in [0.1, 0.15) is 18.8 Å². The van der Waals surface area contributed by atoms with Gasteiger partial charge in [0.2, 0.25) is 0 Å². The van der Waals surface area contributed by atoms with Gasteiger partial charge in [-0.3, -0.25) is 23.7 Å². The van der Waals surface area contributed by atoms with Crippen LogP contribution < -0.4 is 16.3 Å². The summed E-state index contributed by atoms with van der Waals surface area (Å²) < 4.78 is 55.7. The zero-order valence-corrected chi connectivity index (χ0v) is 25.0. The van der Waals surface area contributed by atoms with Crippen LogP contribution >= 0.6 is 30.8 Å². The molecule has 1 aromatic heterocycles. The first-order valence-corrected chi connectivity index (χ1v) is 14.8. The number of carbonyl (C=O) groups is 2. The quantitative estimate of drug-likeness (QED) is 0.145. The Hall–Kier alpha value is -2.59. The van der Waals surface area contributed by atoms with E-state index in [9.17, 15) is 23.7 Å². The third kappa shape index (κ3) is 8.46. The zero-order chi connectivity index (χ0) is 29.4. The van der Waals surface area contributed by atoms with Crippen LogP contribution in [0.25, 0.3) is 0 Å². The van der Waals surface area contributed by atoms with Gasteiger partial charge in [-0.05, 0) is 48.4 Å². The van der Waals surface area contributed by atoms with Crippen molar-refractivity contribution in [2.45, 2.75) is 68.1 Å². The summed E-state index contributed by atoms with van der Waals surface area (Å²) >= 11 is 1.94. The second kappa shape index (κ2) is 14.3. The Labute approximate surface area is 242 Å². The van der Waals surface area contributed by atoms with Crippen LogP contribution in [0.15, 0.2) is 52.2 Å². The first kappa shape index (κ1) is 31.9. The van der Waals surface area contributed by atoms with Crippen LogP contribution in [0.4, 0.5) is 9.18 Å². The van der Waals surface area contributed by atoms with Gasteiger partial charge in [-0.15, -0.1) is 0 Å². The summed E-state index contributed by atoms with van der Waals surface area (Å²) in [7, 11) is -3.08. The number of hydrogen-bond donors (Lipinski definition) is 2. The predicted molar refractivity (Wildman–Crippen MR) is 148 cm³/mol. The number of halogens is 2. The molecule has 0 bridgehead atoms. The molecule has 1 aliphatic heterocycles. The van der Waals surface area contributed by atoms with Gasteiger partial charge < -0.3 is 23.5 Å². The van der Waals surface area contributed by atoms with Crippen LogP contribution in [0.2, 0.25) is 0 Å². The number of ether oxygens (including phenoxy) is 4. The molecule has 1 saturated heterocycles. The molecule has 2 N–H and O–H groups in total. The Bertz CT molecular complexity index is 1310. The zero-order valence-electron chi connectivity index (χ0n) is 21.8. The summed E-state index contributed by atoms with van der Waals surface area (Å²) in [6, 6.07) is 8.72. The second-order valence-electron chi connectivity index (χ2n) is 8.98. The fourth-order valence-corrected chi connectivity index (χ4v) is 4.86. The molecule has 3 rings (SSSR count). The summed E-state index contributed by atoms with van der Waals surface area (Å²) in [5.41, 5.74) is -3.54. The smallest absolute Gasteiger partial charge is 0.451 e. The van der Waals surface area contributed by atoms with E-state index in [1.54, 1.807) is 30.3 Å². The number of hydrogen-bond acceptors (Lipinski definition) is 10. The maximum absolute atomic E-state index is 16.2. The summed E-state index contributed by atoms with van der Waals surface area (Å²) in [5, 5.41) is 2.48. The van der Waals surface area contributed by atoms with Gasteiger partial charge in [0.05, 0.1) is 6.61 Å². The largest absolute Gasteiger partial charge is 0.509 e. The van der Waals surface area contributed by atoms with Crippen molar-refractivity contribution >= 4 is 42.9 Å². The molecule has 220 valence electrons. The number of aromatic amines is 1. The Morgan fingerprint density at radius 2 is 1.98 bits per heavy atom. The van der Waals surface area contributed by atoms with E-state index in [4.69, 9.17) is 23.5 Å². The molecule has 13 nitrogen and oxygen atoms in total. The van der Waals surface area contributed by atoms with Crippen molar-refractivity contribution in [1.29, 1.82) is 0 Å². The van der Waals surface area contributed by atoms with Gasteiger partial charge >= 0.3 is 17.8 Å². The van der Waals surface area contributed by atoms with Gasteiger partial charge in [0.25, 0.3) is 13.7 Å². The molecule has 2 heterocycles. The van der Waals surface area contributed by atoms with E-state index < -0.39 is 68.3 Å². The molecule has 1 fully saturated rings. The molecule has 0 amide bonds. The fraction of sp³-hybridized carbons (Fsp3) is 0.500. The van der Waals surface area contributed by atoms with Crippen LogP contribution in [-0.4, -0.2) is 56.3 Å². The van der Waals surface area contributed by atoms with Crippen molar-refractivity contribution in [2.75, 3.05) is 6.61 Å². The minimum Gasteiger partial charge on any atom is -0.451 e. The minimum atomic E-state index is -3.08. The van der Waals surface area contributed by atoms with Gasteiger partial charge in [0, 0.05) is 12.3 Å². The molecule has 2 unspecified atom stereocenters. The lowest BCUT2D eigenvalue weighted by molar-refractivity contribution is -0.146. The standard InChI is InChI=1S/C24H30FIN3O10P/c1-4-17(26)38-20(31)14(2)28-40(34)36-13-16-19(39-23(33)35-12-15-8-6-5-7-9-15)24(3,25)21(37-16)29-11-10-18(30)27-22(29)32/h5-11,14,16-17,19,21,40H,4,12-13H2,1-3H3,(H,28,34)(H,27,30,32)/t14-,16+,17?,19+,21+,24+/m0/s1. The topological polar surface area (TPSA) is 164 Å². The van der Waals surface area contributed by atoms with Crippen LogP contribution in [0, 0.1) is 0 Å². The maximum atomic E-state index is 16.2. The second-order valence-corrected chi connectivity index (χ2v) is 11.5. The molecular formula is C24H30FIN3O10P. The van der Waals surface area contributed by atoms with Gasteiger partial charge in [0.15, 0.2) is 22.1 Å². The first-order chi connectivity index (χ1) is 18.9. The van der Waals surface area contributed by atoms with Crippen molar-refractivity contribution in [3.05, 3.63) is 69.0 Å². The summed E-state index contributed by atoms with van der Waals surface area (Å²) in [6.45, 7) is 3.60. The van der Waals surface area contributed by atoms with E-state index in [0.717, 1.165) is 23.8 Å². The average Bonchev–Trinajstić information content (AvgIpc) is 3.15. The monoisotopic (exact) mass is 697 g/mol. The predicted octanol–water partition coefficient (Wildman–Crippen LogP) is 2.98. The number of alkyl halides is 2. The van der Waals surface area contributed by atoms with Crippen molar-refractivity contribution in [3.63, 3.8) is 0 Å². The summed E-state index contributed by atoms with van der Waals surface area (Å²) in [5.74, 6) is -0.642. The van der Waals surface area contributed by atoms with Crippen LogP contribution in [0.3, 0.4) is 0 Å². The number of esters is 1. The molecular weight excluding hydrogens is 667 g/mol. The SMILES string of the molecule is CCC(I)OC(=O)[C@H](C)N[PH](=O)OC[C@H]1O[C@@H](n2ccc(=O)[nH]c2=O)[C@](C)(F)[C@@H]1OC(=O)OCc1ccccc1. The number of nitrogens with zero attached hydrogens (tertiary/aromatic N) is 1. The van der Waals surface area contributed by atoms with Crippen molar-refractivity contribution in [1.82, 2.24) is 14.6 Å². The highest BCUT2D eigenvalue weighted by molar-refractivity contribution is 14.1. The van der Waals surface area contributed by atoms with Crippen LogP contribution in [0.1, 0.15) is 39.0 Å². The molecule has 0 spiro atoms. The van der Waals surface area contributed by atoms with Crippen molar-refractivity contribution in [2.24, 2.45) is 0 Å². The molecule has 1 aliphatic rings. The molecule has 16 heteroatoms. The van der Waals surface area contributed by atoms with E-state index in [1.807, 2.05) is 34.5 Å². The number of carbonyl (C=O) groups excluding carboxylic acids is 2. The molecule has 40 heavy (non-hydrogen) atoms. The van der Waals surface area contributed by atoms with E-state index in [-0.39, 0.29) is 10.7 Å². The highest BCUT2D eigenvalue weighted by Gasteiger charge is 2.58. The third-order valence-corrected chi connectivity index (χ3v) is 8.07. The van der Waals surface area contributed by atoms with Gasteiger partial charge in [-0.1, -0.05) is 37.3 Å². The van der Waals surface area contributed by atoms with Crippen LogP contribution in [-0.2, 0) is 39.4 Å². The molecule has 2 aromatic rings. The first-order valence-electron chi connectivity index (χ1n) is 12.2. The Morgan fingerprint density at radius 1 is 1.27 bits per heavy atom. The minimum absolute atomic E-state index is 0.151. The lowest BCUT2D eigenvalue weighted by Crippen LogP contribution is -2.46. The highest BCUT2D eigenvalue weighted by atomic mass is 127. The Balaban J connectivity index is 1.72. The average molecular weight is 697 g/mol. The van der Waals surface area contributed by atoms with E-state index in [2.05, 4.69) is 5.09 Å². The molecule has 1 aromatic carbocycles. The number of aromatic nitrogens is 2. The van der Waals surface area contributed by atoms with Crippen molar-refractivity contribution in [3.8, 4) is 0 Å². The number of benzene rings is 1.